The standard InChI is InChI=1S/C23H24ClN3O3S2/c1-16-7-9-20(10-8-16)32(29,30)25-13-17-4-3-11-27(14-17)23(28)21-15-31-22(26-21)18-5-2-6-19(24)12-18/h2,5-10,12,15,17,25H,3-4,11,13-14H2,1H3. The average molecular weight is 490 g/mol. The summed E-state index contributed by atoms with van der Waals surface area (Å²) < 4.78 is 27.9. The van der Waals surface area contributed by atoms with Crippen LogP contribution in [0.1, 0.15) is 28.9 Å². The van der Waals surface area contributed by atoms with Crippen molar-refractivity contribution in [3.63, 3.8) is 0 Å². The van der Waals surface area contributed by atoms with Gasteiger partial charge in [0.05, 0.1) is 4.90 Å². The van der Waals surface area contributed by atoms with Crippen molar-refractivity contribution in [2.24, 2.45) is 5.92 Å². The van der Waals surface area contributed by atoms with Crippen molar-refractivity contribution in [2.45, 2.75) is 24.7 Å². The highest BCUT2D eigenvalue weighted by atomic mass is 35.5. The molecule has 9 heteroatoms. The molecule has 1 amide bonds. The van der Waals surface area contributed by atoms with Crippen molar-refractivity contribution in [1.82, 2.24) is 14.6 Å². The Kier molecular flexibility index (Phi) is 6.95. The first-order chi connectivity index (χ1) is 15.3. The van der Waals surface area contributed by atoms with E-state index in [1.807, 2.05) is 25.1 Å². The zero-order chi connectivity index (χ0) is 22.7. The van der Waals surface area contributed by atoms with Crippen LogP contribution in [-0.4, -0.2) is 43.8 Å². The topological polar surface area (TPSA) is 79.4 Å². The fourth-order valence-corrected chi connectivity index (χ4v) is 5.83. The largest absolute Gasteiger partial charge is 0.337 e. The zero-order valence-corrected chi connectivity index (χ0v) is 20.0. The predicted octanol–water partition coefficient (Wildman–Crippen LogP) is 4.60. The molecule has 1 atom stereocenters. The van der Waals surface area contributed by atoms with Gasteiger partial charge in [-0.3, -0.25) is 4.79 Å². The van der Waals surface area contributed by atoms with Crippen LogP contribution in [0.3, 0.4) is 0 Å². The van der Waals surface area contributed by atoms with Gasteiger partial charge in [0, 0.05) is 35.6 Å². The van der Waals surface area contributed by atoms with Crippen LogP contribution in [0.25, 0.3) is 10.6 Å². The van der Waals surface area contributed by atoms with Crippen LogP contribution < -0.4 is 4.72 Å². The monoisotopic (exact) mass is 489 g/mol. The third kappa shape index (κ3) is 5.38. The number of amides is 1. The molecule has 1 aliphatic rings. The lowest BCUT2D eigenvalue weighted by Crippen LogP contribution is -2.43. The third-order valence-electron chi connectivity index (χ3n) is 5.49. The zero-order valence-electron chi connectivity index (χ0n) is 17.6. The number of carbonyl (C=O) groups excluding carboxylic acids is 1. The summed E-state index contributed by atoms with van der Waals surface area (Å²) >= 11 is 7.47. The van der Waals surface area contributed by atoms with E-state index in [0.717, 1.165) is 29.0 Å². The molecule has 32 heavy (non-hydrogen) atoms. The minimum atomic E-state index is -3.57. The minimum Gasteiger partial charge on any atom is -0.337 e. The Hall–Kier alpha value is -2.26. The van der Waals surface area contributed by atoms with E-state index in [1.54, 1.807) is 40.6 Å². The van der Waals surface area contributed by atoms with Crippen LogP contribution in [0, 0.1) is 12.8 Å². The summed E-state index contributed by atoms with van der Waals surface area (Å²) in [4.78, 5) is 19.5. The lowest BCUT2D eigenvalue weighted by molar-refractivity contribution is 0.0671. The summed E-state index contributed by atoms with van der Waals surface area (Å²) in [5.41, 5.74) is 2.29. The fraction of sp³-hybridized carbons (Fsp3) is 0.304. The Morgan fingerprint density at radius 3 is 2.78 bits per heavy atom. The molecule has 2 heterocycles. The van der Waals surface area contributed by atoms with Gasteiger partial charge < -0.3 is 4.90 Å². The SMILES string of the molecule is Cc1ccc(S(=O)(=O)NCC2CCCN(C(=O)c3csc(-c4cccc(Cl)c4)n3)C2)cc1. The van der Waals surface area contributed by atoms with Crippen LogP contribution >= 0.6 is 22.9 Å². The molecule has 4 rings (SSSR count). The number of piperidine rings is 1. The van der Waals surface area contributed by atoms with Crippen molar-refractivity contribution >= 4 is 38.9 Å². The van der Waals surface area contributed by atoms with Crippen molar-refractivity contribution < 1.29 is 13.2 Å². The molecule has 1 aromatic heterocycles. The number of rotatable bonds is 6. The molecule has 0 spiro atoms. The maximum Gasteiger partial charge on any atom is 0.273 e. The number of sulfonamides is 1. The summed E-state index contributed by atoms with van der Waals surface area (Å²) in [6.45, 7) is 3.35. The molecule has 0 bridgehead atoms. The molecule has 2 aromatic carbocycles. The predicted molar refractivity (Wildman–Crippen MR) is 128 cm³/mol. The van der Waals surface area contributed by atoms with Gasteiger partial charge in [0.15, 0.2) is 0 Å². The highest BCUT2D eigenvalue weighted by Gasteiger charge is 2.27. The quantitative estimate of drug-likeness (QED) is 0.548. The molecule has 168 valence electrons. The second-order valence-electron chi connectivity index (χ2n) is 7.97. The molecule has 1 unspecified atom stereocenters. The van der Waals surface area contributed by atoms with Crippen LogP contribution in [0.4, 0.5) is 0 Å². The maximum atomic E-state index is 13.0. The van der Waals surface area contributed by atoms with Crippen molar-refractivity contribution in [1.29, 1.82) is 0 Å². The van der Waals surface area contributed by atoms with Gasteiger partial charge in [-0.15, -0.1) is 11.3 Å². The van der Waals surface area contributed by atoms with Gasteiger partial charge in [-0.05, 0) is 49.9 Å². The number of hydrogen-bond acceptors (Lipinski definition) is 5. The number of thiazole rings is 1. The second-order valence-corrected chi connectivity index (χ2v) is 11.0. The summed E-state index contributed by atoms with van der Waals surface area (Å²) in [5.74, 6) is -0.0698. The first-order valence-corrected chi connectivity index (χ1v) is 13.1. The van der Waals surface area contributed by atoms with Crippen LogP contribution in [-0.2, 0) is 10.0 Å². The van der Waals surface area contributed by atoms with Gasteiger partial charge >= 0.3 is 0 Å². The molecular weight excluding hydrogens is 466 g/mol. The number of hydrogen-bond donors (Lipinski definition) is 1. The molecule has 1 N–H and O–H groups in total. The molecule has 1 fully saturated rings. The van der Waals surface area contributed by atoms with Crippen molar-refractivity contribution in [3.8, 4) is 10.6 Å². The van der Waals surface area contributed by atoms with Crippen LogP contribution in [0.2, 0.25) is 5.02 Å². The Bertz CT molecular complexity index is 1210. The number of benzene rings is 2. The summed E-state index contributed by atoms with van der Waals surface area (Å²) in [7, 11) is -3.57. The number of nitrogens with zero attached hydrogens (tertiary/aromatic N) is 2. The highest BCUT2D eigenvalue weighted by Crippen LogP contribution is 2.27. The van der Waals surface area contributed by atoms with E-state index in [4.69, 9.17) is 11.6 Å². The molecule has 1 aliphatic heterocycles. The van der Waals surface area contributed by atoms with Gasteiger partial charge in [-0.25, -0.2) is 18.1 Å². The van der Waals surface area contributed by atoms with Crippen molar-refractivity contribution in [3.05, 3.63) is 70.2 Å². The number of aromatic nitrogens is 1. The van der Waals surface area contributed by atoms with E-state index in [2.05, 4.69) is 9.71 Å². The van der Waals surface area contributed by atoms with Gasteiger partial charge in [-0.1, -0.05) is 41.4 Å². The van der Waals surface area contributed by atoms with E-state index >= 15 is 0 Å². The molecule has 0 radical (unpaired) electrons. The van der Waals surface area contributed by atoms with E-state index in [0.29, 0.717) is 30.4 Å². The minimum absolute atomic E-state index is 0.0546. The lowest BCUT2D eigenvalue weighted by atomic mass is 9.98. The number of halogens is 1. The molecular formula is C23H24ClN3O3S2. The summed E-state index contributed by atoms with van der Waals surface area (Å²) in [5, 5.41) is 3.13. The number of likely N-dealkylation sites (tertiary alicyclic amines) is 1. The van der Waals surface area contributed by atoms with Crippen LogP contribution in [0.15, 0.2) is 58.8 Å². The Balaban J connectivity index is 1.38. The molecule has 1 saturated heterocycles. The Labute approximate surface area is 197 Å². The van der Waals surface area contributed by atoms with E-state index in [9.17, 15) is 13.2 Å². The van der Waals surface area contributed by atoms with Crippen molar-refractivity contribution in [2.75, 3.05) is 19.6 Å². The molecule has 0 saturated carbocycles. The lowest BCUT2D eigenvalue weighted by Gasteiger charge is -2.32. The first-order valence-electron chi connectivity index (χ1n) is 10.4. The molecule has 0 aliphatic carbocycles. The number of nitrogens with one attached hydrogen (secondary N) is 1. The van der Waals surface area contributed by atoms with Gasteiger partial charge in [-0.2, -0.15) is 0 Å². The molecule has 6 nitrogen and oxygen atoms in total. The smallest absolute Gasteiger partial charge is 0.273 e. The van der Waals surface area contributed by atoms with E-state index in [1.165, 1.54) is 11.3 Å². The van der Waals surface area contributed by atoms with Gasteiger partial charge in [0.1, 0.15) is 10.7 Å². The van der Waals surface area contributed by atoms with E-state index in [-0.39, 0.29) is 16.7 Å². The second kappa shape index (κ2) is 9.70. The summed E-state index contributed by atoms with van der Waals surface area (Å²) in [6, 6.07) is 14.2. The van der Waals surface area contributed by atoms with Crippen LogP contribution in [0.5, 0.6) is 0 Å². The number of aryl methyl sites for hydroxylation is 1. The van der Waals surface area contributed by atoms with Gasteiger partial charge in [0.2, 0.25) is 10.0 Å². The average Bonchev–Trinajstić information content (AvgIpc) is 3.28. The Morgan fingerprint density at radius 1 is 1.25 bits per heavy atom. The van der Waals surface area contributed by atoms with Gasteiger partial charge in [0.25, 0.3) is 5.91 Å². The number of carbonyl (C=O) groups is 1. The van der Waals surface area contributed by atoms with E-state index < -0.39 is 10.0 Å². The first kappa shape index (κ1) is 22.9. The highest BCUT2D eigenvalue weighted by molar-refractivity contribution is 7.89. The maximum absolute atomic E-state index is 13.0. The normalized spacial score (nSPS) is 16.8. The third-order valence-corrected chi connectivity index (χ3v) is 8.06. The molecule has 3 aromatic rings. The Morgan fingerprint density at radius 2 is 2.03 bits per heavy atom. The summed E-state index contributed by atoms with van der Waals surface area (Å²) in [6.07, 6.45) is 1.69. The fourth-order valence-electron chi connectivity index (χ4n) is 3.73.